The molecule has 1 saturated heterocycles. The molecule has 1 amide bonds. The van der Waals surface area contributed by atoms with Crippen LogP contribution in [0.2, 0.25) is 5.02 Å². The Morgan fingerprint density at radius 2 is 1.66 bits per heavy atom. The molecule has 0 bridgehead atoms. The van der Waals surface area contributed by atoms with E-state index in [2.05, 4.69) is 5.10 Å². The molecule has 0 spiro atoms. The molecule has 0 saturated carbocycles. The molecule has 8 heteroatoms. The number of carbonyl (C=O) groups excluding carboxylic acids is 1. The molecule has 1 aliphatic heterocycles. The number of halogens is 1. The monoisotopic (exact) mass is 410 g/mol. The summed E-state index contributed by atoms with van der Waals surface area (Å²) in [5.74, 6) is -0.0692. The smallest absolute Gasteiger partial charge is 0.272 e. The summed E-state index contributed by atoms with van der Waals surface area (Å²) in [7, 11) is 0. The van der Waals surface area contributed by atoms with Crippen LogP contribution in [0.3, 0.4) is 0 Å². The second-order valence-electron chi connectivity index (χ2n) is 6.96. The largest absolute Gasteiger partial charge is 0.337 e. The van der Waals surface area contributed by atoms with Gasteiger partial charge in [-0.25, -0.2) is 4.68 Å². The van der Waals surface area contributed by atoms with Crippen molar-refractivity contribution in [3.8, 4) is 16.9 Å². The van der Waals surface area contributed by atoms with Crippen molar-refractivity contribution in [1.82, 2.24) is 14.7 Å². The molecule has 4 rings (SSSR count). The Labute approximate surface area is 172 Å². The average Bonchev–Trinajstić information content (AvgIpc) is 3.20. The fourth-order valence-corrected chi connectivity index (χ4v) is 3.59. The van der Waals surface area contributed by atoms with Crippen molar-refractivity contribution < 1.29 is 9.72 Å². The lowest BCUT2D eigenvalue weighted by molar-refractivity contribution is -0.384. The van der Waals surface area contributed by atoms with Crippen LogP contribution in [0.5, 0.6) is 0 Å². The van der Waals surface area contributed by atoms with Gasteiger partial charge in [0.1, 0.15) is 5.69 Å². The van der Waals surface area contributed by atoms with Crippen molar-refractivity contribution in [2.24, 2.45) is 0 Å². The quantitative estimate of drug-likeness (QED) is 0.460. The second kappa shape index (κ2) is 8.05. The minimum absolute atomic E-state index is 0.00972. The third kappa shape index (κ3) is 4.00. The van der Waals surface area contributed by atoms with Gasteiger partial charge in [0, 0.05) is 35.8 Å². The first-order valence-corrected chi connectivity index (χ1v) is 9.81. The first-order chi connectivity index (χ1) is 14.0. The number of likely N-dealkylation sites (tertiary alicyclic amines) is 1. The Balaban J connectivity index is 1.76. The lowest BCUT2D eigenvalue weighted by Crippen LogP contribution is -2.36. The molecule has 1 aromatic heterocycles. The van der Waals surface area contributed by atoms with Crippen molar-refractivity contribution in [2.45, 2.75) is 19.3 Å². The van der Waals surface area contributed by atoms with E-state index in [1.165, 1.54) is 12.1 Å². The van der Waals surface area contributed by atoms with Crippen molar-refractivity contribution in [1.29, 1.82) is 0 Å². The molecule has 0 atom stereocenters. The molecule has 0 aliphatic carbocycles. The maximum atomic E-state index is 13.2. The summed E-state index contributed by atoms with van der Waals surface area (Å²) >= 11 is 6.00. The van der Waals surface area contributed by atoms with Crippen LogP contribution in [0.1, 0.15) is 29.8 Å². The van der Waals surface area contributed by atoms with Crippen LogP contribution in [0.25, 0.3) is 16.9 Å². The molecule has 3 aromatic rings. The van der Waals surface area contributed by atoms with Gasteiger partial charge >= 0.3 is 0 Å². The van der Waals surface area contributed by atoms with Gasteiger partial charge in [-0.15, -0.1) is 0 Å². The summed E-state index contributed by atoms with van der Waals surface area (Å²) in [6.45, 7) is 1.47. The molecule has 2 heterocycles. The summed E-state index contributed by atoms with van der Waals surface area (Å²) in [4.78, 5) is 25.5. The van der Waals surface area contributed by atoms with Crippen LogP contribution < -0.4 is 0 Å². The summed E-state index contributed by atoms with van der Waals surface area (Å²) in [5, 5.41) is 16.1. The van der Waals surface area contributed by atoms with Crippen LogP contribution in [0.4, 0.5) is 5.69 Å². The number of aromatic nitrogens is 2. The number of hydrogen-bond acceptors (Lipinski definition) is 4. The lowest BCUT2D eigenvalue weighted by atomic mass is 10.1. The van der Waals surface area contributed by atoms with E-state index >= 15 is 0 Å². The van der Waals surface area contributed by atoms with Gasteiger partial charge in [-0.05, 0) is 61.7 Å². The van der Waals surface area contributed by atoms with Crippen molar-refractivity contribution in [3.63, 3.8) is 0 Å². The Morgan fingerprint density at radius 1 is 1.00 bits per heavy atom. The van der Waals surface area contributed by atoms with Gasteiger partial charge in [-0.3, -0.25) is 14.9 Å². The van der Waals surface area contributed by atoms with E-state index < -0.39 is 4.92 Å². The Morgan fingerprint density at radius 3 is 2.28 bits per heavy atom. The van der Waals surface area contributed by atoms with E-state index in [9.17, 15) is 14.9 Å². The number of nitrogens with zero attached hydrogens (tertiary/aromatic N) is 4. The molecule has 1 fully saturated rings. The molecule has 0 unspecified atom stereocenters. The van der Waals surface area contributed by atoms with E-state index in [1.807, 2.05) is 17.0 Å². The minimum atomic E-state index is -0.443. The molecule has 2 aromatic carbocycles. The fraction of sp³-hybridized carbons (Fsp3) is 0.238. The van der Waals surface area contributed by atoms with Crippen molar-refractivity contribution in [2.75, 3.05) is 13.1 Å². The third-order valence-electron chi connectivity index (χ3n) is 5.02. The predicted octanol–water partition coefficient (Wildman–Crippen LogP) is 4.73. The molecule has 0 radical (unpaired) electrons. The summed E-state index contributed by atoms with van der Waals surface area (Å²) in [5.41, 5.74) is 2.48. The van der Waals surface area contributed by atoms with Crippen LogP contribution in [-0.2, 0) is 0 Å². The zero-order valence-electron chi connectivity index (χ0n) is 15.6. The normalized spacial score (nSPS) is 14.0. The third-order valence-corrected chi connectivity index (χ3v) is 5.27. The first kappa shape index (κ1) is 19.1. The van der Waals surface area contributed by atoms with E-state index in [4.69, 9.17) is 11.6 Å². The fourth-order valence-electron chi connectivity index (χ4n) is 3.47. The highest BCUT2D eigenvalue weighted by atomic mass is 35.5. The highest BCUT2D eigenvalue weighted by molar-refractivity contribution is 6.30. The van der Waals surface area contributed by atoms with Gasteiger partial charge in [0.05, 0.1) is 16.3 Å². The number of nitro groups is 1. The molecule has 1 aliphatic rings. The van der Waals surface area contributed by atoms with E-state index in [-0.39, 0.29) is 11.6 Å². The van der Waals surface area contributed by atoms with Gasteiger partial charge < -0.3 is 4.90 Å². The number of carbonyl (C=O) groups is 1. The maximum absolute atomic E-state index is 13.2. The number of nitro benzene ring substituents is 1. The lowest BCUT2D eigenvalue weighted by Gasteiger charge is -2.26. The second-order valence-corrected chi connectivity index (χ2v) is 7.40. The highest BCUT2D eigenvalue weighted by Crippen LogP contribution is 2.26. The summed E-state index contributed by atoms with van der Waals surface area (Å²) < 4.78 is 1.62. The molecule has 29 heavy (non-hydrogen) atoms. The van der Waals surface area contributed by atoms with E-state index in [1.54, 1.807) is 35.0 Å². The number of non-ortho nitro benzene ring substituents is 1. The van der Waals surface area contributed by atoms with Crippen LogP contribution >= 0.6 is 11.6 Å². The standard InChI is InChI=1S/C21H19ClN4O3/c22-16-6-10-17(11-7-16)25-20(21(27)24-12-2-1-3-13-24)14-19(23-25)15-4-8-18(9-5-15)26(28)29/h4-11,14H,1-3,12-13H2. The van der Waals surface area contributed by atoms with Crippen LogP contribution in [-0.4, -0.2) is 38.6 Å². The van der Waals surface area contributed by atoms with E-state index in [0.717, 1.165) is 38.0 Å². The first-order valence-electron chi connectivity index (χ1n) is 9.43. The topological polar surface area (TPSA) is 81.3 Å². The summed E-state index contributed by atoms with van der Waals surface area (Å²) in [6.07, 6.45) is 3.13. The molecular weight excluding hydrogens is 392 g/mol. The number of rotatable bonds is 4. The number of benzene rings is 2. The average molecular weight is 411 g/mol. The number of amides is 1. The van der Waals surface area contributed by atoms with Gasteiger partial charge in [-0.2, -0.15) is 5.10 Å². The van der Waals surface area contributed by atoms with Crippen molar-refractivity contribution in [3.05, 3.63) is 75.4 Å². The molecule has 148 valence electrons. The van der Waals surface area contributed by atoms with Gasteiger partial charge in [0.15, 0.2) is 0 Å². The predicted molar refractivity (Wildman–Crippen MR) is 110 cm³/mol. The SMILES string of the molecule is O=C(c1cc(-c2ccc([N+](=O)[O-])cc2)nn1-c1ccc(Cl)cc1)N1CCCCC1. The summed E-state index contributed by atoms with van der Waals surface area (Å²) in [6, 6.07) is 15.0. The van der Waals surface area contributed by atoms with E-state index in [0.29, 0.717) is 22.0 Å². The number of hydrogen-bond donors (Lipinski definition) is 0. The zero-order valence-corrected chi connectivity index (χ0v) is 16.4. The van der Waals surface area contributed by atoms with Gasteiger partial charge in [-0.1, -0.05) is 11.6 Å². The Kier molecular flexibility index (Phi) is 5.31. The van der Waals surface area contributed by atoms with Crippen LogP contribution in [0, 0.1) is 10.1 Å². The minimum Gasteiger partial charge on any atom is -0.337 e. The maximum Gasteiger partial charge on any atom is 0.272 e. The molecule has 7 nitrogen and oxygen atoms in total. The van der Waals surface area contributed by atoms with Gasteiger partial charge in [0.25, 0.3) is 11.6 Å². The zero-order chi connectivity index (χ0) is 20.4. The highest BCUT2D eigenvalue weighted by Gasteiger charge is 2.24. The van der Waals surface area contributed by atoms with Gasteiger partial charge in [0.2, 0.25) is 0 Å². The van der Waals surface area contributed by atoms with Crippen molar-refractivity contribution >= 4 is 23.2 Å². The molecular formula is C21H19ClN4O3. The Bertz CT molecular complexity index is 1040. The molecule has 0 N–H and O–H groups in total. The Hall–Kier alpha value is -3.19. The van der Waals surface area contributed by atoms with Crippen LogP contribution in [0.15, 0.2) is 54.6 Å². The number of piperidine rings is 1.